The van der Waals surface area contributed by atoms with Gasteiger partial charge in [0.15, 0.2) is 0 Å². The Morgan fingerprint density at radius 2 is 1.53 bits per heavy atom. The molecule has 2 aliphatic heterocycles. The summed E-state index contributed by atoms with van der Waals surface area (Å²) in [5, 5.41) is 14.2. The standard InChI is InChI=1S/C17H30N4O.2C2HF3O2/c1-3-19(4-2)11-15-12-20-8-7-18-17(20)14-21(13-15)16-5-9-22-10-6-16;2*3-2(4,5)1(6)7/h7-8,15-16H,3-6,9-14H2,1-2H3;2*(H,6,7). The summed E-state index contributed by atoms with van der Waals surface area (Å²) in [6.07, 6.45) is -3.73. The zero-order valence-electron chi connectivity index (χ0n) is 20.1. The molecule has 0 saturated carbocycles. The second-order valence-corrected chi connectivity index (χ2v) is 8.23. The number of aliphatic carboxylic acids is 2. The Morgan fingerprint density at radius 1 is 1.03 bits per heavy atom. The van der Waals surface area contributed by atoms with Crippen molar-refractivity contribution in [1.82, 2.24) is 19.4 Å². The van der Waals surface area contributed by atoms with Crippen molar-refractivity contribution in [3.8, 4) is 0 Å². The largest absolute Gasteiger partial charge is 0.490 e. The van der Waals surface area contributed by atoms with Crippen molar-refractivity contribution in [2.45, 2.75) is 58.2 Å². The van der Waals surface area contributed by atoms with Crippen molar-refractivity contribution in [2.24, 2.45) is 5.92 Å². The van der Waals surface area contributed by atoms with Gasteiger partial charge >= 0.3 is 24.3 Å². The zero-order chi connectivity index (χ0) is 27.5. The molecule has 1 aromatic rings. The number of rotatable bonds is 5. The molecular formula is C21H32F6N4O5. The Bertz CT molecular complexity index is 783. The quantitative estimate of drug-likeness (QED) is 0.555. The molecule has 0 aromatic carbocycles. The summed E-state index contributed by atoms with van der Waals surface area (Å²) in [6.45, 7) is 13.1. The number of halogens is 6. The number of imidazole rings is 1. The van der Waals surface area contributed by atoms with Crippen LogP contribution in [0.1, 0.15) is 32.5 Å². The van der Waals surface area contributed by atoms with E-state index in [1.807, 2.05) is 6.20 Å². The van der Waals surface area contributed by atoms with Gasteiger partial charge in [0.1, 0.15) is 5.82 Å². The van der Waals surface area contributed by atoms with Crippen molar-refractivity contribution in [2.75, 3.05) is 39.4 Å². The number of carboxylic acid groups (broad SMARTS) is 2. The first-order chi connectivity index (χ1) is 16.7. The minimum Gasteiger partial charge on any atom is -0.475 e. The lowest BCUT2D eigenvalue weighted by atomic mass is 10.0. The average molecular weight is 534 g/mol. The highest BCUT2D eigenvalue weighted by Crippen LogP contribution is 2.23. The van der Waals surface area contributed by atoms with Crippen LogP contribution < -0.4 is 0 Å². The summed E-state index contributed by atoms with van der Waals surface area (Å²) in [7, 11) is 0. The van der Waals surface area contributed by atoms with Gasteiger partial charge in [-0.15, -0.1) is 0 Å². The number of carboxylic acids is 2. The van der Waals surface area contributed by atoms with Gasteiger partial charge in [0.05, 0.1) is 6.54 Å². The molecule has 1 fully saturated rings. The van der Waals surface area contributed by atoms with Crippen LogP contribution in [0.25, 0.3) is 0 Å². The monoisotopic (exact) mass is 534 g/mol. The summed E-state index contributed by atoms with van der Waals surface area (Å²) < 4.78 is 71.4. The number of ether oxygens (including phenoxy) is 1. The number of hydrogen-bond donors (Lipinski definition) is 2. The third-order valence-corrected chi connectivity index (χ3v) is 5.70. The van der Waals surface area contributed by atoms with Gasteiger partial charge in [0.2, 0.25) is 0 Å². The molecule has 1 aromatic heterocycles. The normalized spacial score (nSPS) is 19.3. The van der Waals surface area contributed by atoms with Crippen molar-refractivity contribution < 1.29 is 50.9 Å². The third kappa shape index (κ3) is 11.1. The molecule has 2 aliphatic rings. The van der Waals surface area contributed by atoms with E-state index in [1.54, 1.807) is 0 Å². The van der Waals surface area contributed by atoms with Crippen LogP contribution in [0, 0.1) is 5.92 Å². The van der Waals surface area contributed by atoms with Gasteiger partial charge in [0, 0.05) is 57.2 Å². The minimum absolute atomic E-state index is 0.663. The van der Waals surface area contributed by atoms with E-state index in [0.29, 0.717) is 12.0 Å². The van der Waals surface area contributed by atoms with Crippen molar-refractivity contribution >= 4 is 11.9 Å². The molecule has 1 atom stereocenters. The fraction of sp³-hybridized carbons (Fsp3) is 0.762. The molecule has 0 amide bonds. The smallest absolute Gasteiger partial charge is 0.475 e. The third-order valence-electron chi connectivity index (χ3n) is 5.70. The molecule has 2 N–H and O–H groups in total. The number of aromatic nitrogens is 2. The Kier molecular flexibility index (Phi) is 12.6. The fourth-order valence-corrected chi connectivity index (χ4v) is 3.86. The van der Waals surface area contributed by atoms with Crippen LogP contribution in [0.5, 0.6) is 0 Å². The van der Waals surface area contributed by atoms with Crippen LogP contribution in [-0.2, 0) is 27.4 Å². The van der Waals surface area contributed by atoms with E-state index in [9.17, 15) is 26.3 Å². The van der Waals surface area contributed by atoms with Gasteiger partial charge in [-0.1, -0.05) is 13.8 Å². The topological polar surface area (TPSA) is 108 Å². The molecule has 1 saturated heterocycles. The number of nitrogens with zero attached hydrogens (tertiary/aromatic N) is 4. The minimum atomic E-state index is -5.08. The molecule has 0 radical (unpaired) electrons. The predicted molar refractivity (Wildman–Crippen MR) is 115 cm³/mol. The lowest BCUT2D eigenvalue weighted by Gasteiger charge is -2.35. The summed E-state index contributed by atoms with van der Waals surface area (Å²) >= 11 is 0. The molecule has 15 heteroatoms. The van der Waals surface area contributed by atoms with Crippen molar-refractivity contribution in [1.29, 1.82) is 0 Å². The maximum Gasteiger partial charge on any atom is 0.490 e. The molecule has 9 nitrogen and oxygen atoms in total. The van der Waals surface area contributed by atoms with E-state index in [1.165, 1.54) is 31.8 Å². The lowest BCUT2D eigenvalue weighted by molar-refractivity contribution is -0.193. The Hall–Kier alpha value is -2.39. The first-order valence-corrected chi connectivity index (χ1v) is 11.3. The number of hydrogen-bond acceptors (Lipinski definition) is 6. The number of alkyl halides is 6. The van der Waals surface area contributed by atoms with Crippen LogP contribution in [0.3, 0.4) is 0 Å². The highest BCUT2D eigenvalue weighted by molar-refractivity contribution is 5.73. The second-order valence-electron chi connectivity index (χ2n) is 8.23. The molecule has 208 valence electrons. The van der Waals surface area contributed by atoms with E-state index in [4.69, 9.17) is 24.5 Å². The highest BCUT2D eigenvalue weighted by Gasteiger charge is 2.39. The van der Waals surface area contributed by atoms with Gasteiger partial charge in [-0.05, 0) is 25.9 Å². The van der Waals surface area contributed by atoms with E-state index < -0.39 is 24.3 Å². The van der Waals surface area contributed by atoms with Crippen LogP contribution in [-0.4, -0.2) is 99.3 Å². The maximum absolute atomic E-state index is 10.6. The molecule has 3 heterocycles. The predicted octanol–water partition coefficient (Wildman–Crippen LogP) is 3.10. The number of fused-ring (bicyclic) bond motifs is 1. The maximum atomic E-state index is 10.6. The first kappa shape index (κ1) is 31.6. The van der Waals surface area contributed by atoms with E-state index in [2.05, 4.69) is 39.4 Å². The average Bonchev–Trinajstić information content (AvgIpc) is 3.15. The Balaban J connectivity index is 0.000000383. The van der Waals surface area contributed by atoms with Crippen molar-refractivity contribution in [3.63, 3.8) is 0 Å². The summed E-state index contributed by atoms with van der Waals surface area (Å²) in [5.41, 5.74) is 0. The molecule has 0 bridgehead atoms. The fourth-order valence-electron chi connectivity index (χ4n) is 3.86. The molecule has 1 unspecified atom stereocenters. The van der Waals surface area contributed by atoms with Crippen LogP contribution in [0.2, 0.25) is 0 Å². The van der Waals surface area contributed by atoms with E-state index >= 15 is 0 Å². The van der Waals surface area contributed by atoms with Gasteiger partial charge in [-0.25, -0.2) is 14.6 Å². The summed E-state index contributed by atoms with van der Waals surface area (Å²) in [5.74, 6) is -3.60. The van der Waals surface area contributed by atoms with Gasteiger partial charge in [0.25, 0.3) is 0 Å². The van der Waals surface area contributed by atoms with Gasteiger partial charge in [-0.3, -0.25) is 4.90 Å². The molecule has 3 rings (SSSR count). The first-order valence-electron chi connectivity index (χ1n) is 11.3. The molecule has 0 spiro atoms. The van der Waals surface area contributed by atoms with Crippen LogP contribution >= 0.6 is 0 Å². The zero-order valence-corrected chi connectivity index (χ0v) is 20.1. The Morgan fingerprint density at radius 3 is 1.97 bits per heavy atom. The Labute approximate surface area is 204 Å². The second kappa shape index (κ2) is 14.4. The highest BCUT2D eigenvalue weighted by atomic mass is 19.4. The summed E-state index contributed by atoms with van der Waals surface area (Å²) in [4.78, 5) is 27.6. The lowest BCUT2D eigenvalue weighted by Crippen LogP contribution is -2.43. The molecule has 0 aliphatic carbocycles. The SMILES string of the molecule is CCN(CC)CC1CN(C2CCOCC2)Cc2nccn2C1.O=C(O)C(F)(F)F.O=C(O)C(F)(F)F. The van der Waals surface area contributed by atoms with E-state index in [-0.39, 0.29) is 0 Å². The van der Waals surface area contributed by atoms with Gasteiger partial charge < -0.3 is 24.4 Å². The van der Waals surface area contributed by atoms with Crippen LogP contribution in [0.4, 0.5) is 26.3 Å². The molecule has 36 heavy (non-hydrogen) atoms. The van der Waals surface area contributed by atoms with Crippen molar-refractivity contribution in [3.05, 3.63) is 18.2 Å². The summed E-state index contributed by atoms with van der Waals surface area (Å²) in [6, 6.07) is 0.663. The number of carbonyl (C=O) groups is 2. The van der Waals surface area contributed by atoms with E-state index in [0.717, 1.165) is 39.4 Å². The van der Waals surface area contributed by atoms with Crippen LogP contribution in [0.15, 0.2) is 12.4 Å². The van der Waals surface area contributed by atoms with Gasteiger partial charge in [-0.2, -0.15) is 26.3 Å². The molecular weight excluding hydrogens is 502 g/mol.